The van der Waals surface area contributed by atoms with Crippen LogP contribution in [0.4, 0.5) is 4.39 Å². The Bertz CT molecular complexity index is 564. The van der Waals surface area contributed by atoms with Gasteiger partial charge in [-0.05, 0) is 37.1 Å². The molecule has 2 aromatic rings. The summed E-state index contributed by atoms with van der Waals surface area (Å²) >= 11 is 0. The average molecular weight is 274 g/mol. The van der Waals surface area contributed by atoms with E-state index in [1.807, 2.05) is 19.1 Å². The van der Waals surface area contributed by atoms with Gasteiger partial charge in [-0.3, -0.25) is 4.90 Å². The number of piperidine rings is 1. The lowest BCUT2D eigenvalue weighted by molar-refractivity contribution is 0.138. The largest absolute Gasteiger partial charge is 0.449 e. The number of hydrogen-bond acceptors (Lipinski definition) is 3. The zero-order valence-corrected chi connectivity index (χ0v) is 11.7. The SMILES string of the molecule is Cc1nc(CN2CCCCC2c2ccc(F)cc2)co1. The van der Waals surface area contributed by atoms with Crippen molar-refractivity contribution in [2.24, 2.45) is 0 Å². The molecule has 3 nitrogen and oxygen atoms in total. The molecule has 1 aromatic heterocycles. The Morgan fingerprint density at radius 2 is 2.10 bits per heavy atom. The Morgan fingerprint density at radius 3 is 2.80 bits per heavy atom. The number of aromatic nitrogens is 1. The first kappa shape index (κ1) is 13.3. The zero-order valence-electron chi connectivity index (χ0n) is 11.7. The van der Waals surface area contributed by atoms with Crippen molar-refractivity contribution >= 4 is 0 Å². The maximum atomic E-state index is 13.1. The molecule has 20 heavy (non-hydrogen) atoms. The topological polar surface area (TPSA) is 29.3 Å². The summed E-state index contributed by atoms with van der Waals surface area (Å²) in [6.07, 6.45) is 5.26. The fourth-order valence-corrected chi connectivity index (χ4v) is 2.93. The molecular weight excluding hydrogens is 255 g/mol. The lowest BCUT2D eigenvalue weighted by Crippen LogP contribution is -2.33. The normalized spacial score (nSPS) is 20.2. The van der Waals surface area contributed by atoms with Gasteiger partial charge in [0.05, 0.1) is 5.69 Å². The van der Waals surface area contributed by atoms with Gasteiger partial charge in [0, 0.05) is 19.5 Å². The van der Waals surface area contributed by atoms with Gasteiger partial charge in [-0.1, -0.05) is 18.6 Å². The maximum absolute atomic E-state index is 13.1. The van der Waals surface area contributed by atoms with E-state index in [2.05, 4.69) is 9.88 Å². The highest BCUT2D eigenvalue weighted by Crippen LogP contribution is 2.32. The second-order valence-electron chi connectivity index (χ2n) is 5.39. The first-order valence-corrected chi connectivity index (χ1v) is 7.13. The van der Waals surface area contributed by atoms with Crippen LogP contribution in [0.25, 0.3) is 0 Å². The summed E-state index contributed by atoms with van der Waals surface area (Å²) in [5, 5.41) is 0. The fraction of sp³-hybridized carbons (Fsp3) is 0.438. The van der Waals surface area contributed by atoms with Crippen molar-refractivity contribution in [2.75, 3.05) is 6.54 Å². The molecule has 3 rings (SSSR count). The summed E-state index contributed by atoms with van der Waals surface area (Å²) in [6, 6.07) is 7.23. The molecule has 2 heterocycles. The average Bonchev–Trinajstić information content (AvgIpc) is 2.86. The number of rotatable bonds is 3. The summed E-state index contributed by atoms with van der Waals surface area (Å²) in [7, 11) is 0. The number of hydrogen-bond donors (Lipinski definition) is 0. The van der Waals surface area contributed by atoms with Gasteiger partial charge in [0.2, 0.25) is 0 Å². The summed E-state index contributed by atoms with van der Waals surface area (Å²) in [5.41, 5.74) is 2.16. The Balaban J connectivity index is 1.78. The number of likely N-dealkylation sites (tertiary alicyclic amines) is 1. The molecule has 1 fully saturated rings. The Morgan fingerprint density at radius 1 is 1.30 bits per heavy atom. The molecule has 0 bridgehead atoms. The van der Waals surface area contributed by atoms with Gasteiger partial charge in [0.15, 0.2) is 5.89 Å². The van der Waals surface area contributed by atoms with E-state index >= 15 is 0 Å². The molecule has 1 aromatic carbocycles. The van der Waals surface area contributed by atoms with E-state index in [-0.39, 0.29) is 5.82 Å². The molecule has 0 N–H and O–H groups in total. The molecule has 4 heteroatoms. The monoisotopic (exact) mass is 274 g/mol. The van der Waals surface area contributed by atoms with Gasteiger partial charge in [0.1, 0.15) is 12.1 Å². The van der Waals surface area contributed by atoms with Crippen LogP contribution in [-0.2, 0) is 6.54 Å². The smallest absolute Gasteiger partial charge is 0.191 e. The number of oxazole rings is 1. The summed E-state index contributed by atoms with van der Waals surface area (Å²) in [4.78, 5) is 6.79. The van der Waals surface area contributed by atoms with Crippen molar-refractivity contribution in [2.45, 2.75) is 38.8 Å². The maximum Gasteiger partial charge on any atom is 0.191 e. The van der Waals surface area contributed by atoms with Crippen LogP contribution in [0.2, 0.25) is 0 Å². The van der Waals surface area contributed by atoms with Crippen LogP contribution in [0.5, 0.6) is 0 Å². The van der Waals surface area contributed by atoms with Crippen LogP contribution in [0.3, 0.4) is 0 Å². The van der Waals surface area contributed by atoms with Gasteiger partial charge in [-0.15, -0.1) is 0 Å². The molecule has 1 aliphatic heterocycles. The molecule has 0 amide bonds. The van der Waals surface area contributed by atoms with Crippen LogP contribution in [-0.4, -0.2) is 16.4 Å². The molecule has 106 valence electrons. The lowest BCUT2D eigenvalue weighted by atomic mass is 9.95. The molecule has 1 atom stereocenters. The predicted molar refractivity (Wildman–Crippen MR) is 74.6 cm³/mol. The molecule has 0 radical (unpaired) electrons. The molecule has 0 aliphatic carbocycles. The highest BCUT2D eigenvalue weighted by molar-refractivity contribution is 5.20. The van der Waals surface area contributed by atoms with E-state index in [0.717, 1.165) is 25.2 Å². The second-order valence-corrected chi connectivity index (χ2v) is 5.39. The van der Waals surface area contributed by atoms with Crippen molar-refractivity contribution < 1.29 is 8.81 Å². The van der Waals surface area contributed by atoms with E-state index < -0.39 is 0 Å². The highest BCUT2D eigenvalue weighted by atomic mass is 19.1. The standard InChI is InChI=1S/C16H19FN2O/c1-12-18-15(11-20-12)10-19-9-3-2-4-16(19)13-5-7-14(17)8-6-13/h5-8,11,16H,2-4,9-10H2,1H3. The summed E-state index contributed by atoms with van der Waals surface area (Å²) in [5.74, 6) is 0.526. The highest BCUT2D eigenvalue weighted by Gasteiger charge is 2.24. The Kier molecular flexibility index (Phi) is 3.83. The molecule has 1 saturated heterocycles. The van der Waals surface area contributed by atoms with E-state index in [4.69, 9.17) is 4.42 Å². The van der Waals surface area contributed by atoms with Crippen molar-refractivity contribution in [3.8, 4) is 0 Å². The van der Waals surface area contributed by atoms with Gasteiger partial charge in [0.25, 0.3) is 0 Å². The third kappa shape index (κ3) is 2.90. The molecule has 1 unspecified atom stereocenters. The molecule has 1 aliphatic rings. The molecular formula is C16H19FN2O. The summed E-state index contributed by atoms with van der Waals surface area (Å²) < 4.78 is 18.3. The van der Waals surface area contributed by atoms with E-state index in [1.54, 1.807) is 18.4 Å². The van der Waals surface area contributed by atoms with E-state index in [9.17, 15) is 4.39 Å². The third-order valence-corrected chi connectivity index (χ3v) is 3.90. The number of benzene rings is 1. The number of halogens is 1. The molecule has 0 saturated carbocycles. The Labute approximate surface area is 118 Å². The second kappa shape index (κ2) is 5.75. The third-order valence-electron chi connectivity index (χ3n) is 3.90. The van der Waals surface area contributed by atoms with Gasteiger partial charge >= 0.3 is 0 Å². The van der Waals surface area contributed by atoms with Crippen molar-refractivity contribution in [1.82, 2.24) is 9.88 Å². The Hall–Kier alpha value is -1.68. The first-order chi connectivity index (χ1) is 9.72. The van der Waals surface area contributed by atoms with Gasteiger partial charge in [-0.2, -0.15) is 0 Å². The number of aryl methyl sites for hydroxylation is 1. The quantitative estimate of drug-likeness (QED) is 0.851. The lowest BCUT2D eigenvalue weighted by Gasteiger charge is -2.35. The fourth-order valence-electron chi connectivity index (χ4n) is 2.93. The van der Waals surface area contributed by atoms with Crippen molar-refractivity contribution in [3.05, 3.63) is 53.5 Å². The van der Waals surface area contributed by atoms with E-state index in [1.165, 1.54) is 18.4 Å². The number of nitrogens with zero attached hydrogens (tertiary/aromatic N) is 2. The minimum Gasteiger partial charge on any atom is -0.449 e. The van der Waals surface area contributed by atoms with Crippen molar-refractivity contribution in [3.63, 3.8) is 0 Å². The predicted octanol–water partition coefficient (Wildman–Crippen LogP) is 3.85. The first-order valence-electron chi connectivity index (χ1n) is 7.13. The molecule has 0 spiro atoms. The van der Waals surface area contributed by atoms with E-state index in [0.29, 0.717) is 11.9 Å². The van der Waals surface area contributed by atoms with Crippen molar-refractivity contribution in [1.29, 1.82) is 0 Å². The zero-order chi connectivity index (χ0) is 13.9. The van der Waals surface area contributed by atoms with Gasteiger partial charge < -0.3 is 4.42 Å². The van der Waals surface area contributed by atoms with Crippen LogP contribution in [0.1, 0.15) is 42.5 Å². The van der Waals surface area contributed by atoms with Crippen LogP contribution in [0.15, 0.2) is 34.9 Å². The minimum atomic E-state index is -0.178. The van der Waals surface area contributed by atoms with Gasteiger partial charge in [-0.25, -0.2) is 9.37 Å². The van der Waals surface area contributed by atoms with Crippen LogP contribution in [0, 0.1) is 12.7 Å². The summed E-state index contributed by atoms with van der Waals surface area (Å²) in [6.45, 7) is 3.70. The van der Waals surface area contributed by atoms with Crippen LogP contribution >= 0.6 is 0 Å². The van der Waals surface area contributed by atoms with Crippen LogP contribution < -0.4 is 0 Å². The minimum absolute atomic E-state index is 0.178.